The fourth-order valence-corrected chi connectivity index (χ4v) is 2.45. The molecule has 1 aliphatic heterocycles. The van der Waals surface area contributed by atoms with Gasteiger partial charge in [-0.25, -0.2) is 0 Å². The van der Waals surface area contributed by atoms with E-state index in [1.165, 1.54) is 0 Å². The van der Waals surface area contributed by atoms with Crippen LogP contribution in [0.4, 0.5) is 0 Å². The summed E-state index contributed by atoms with van der Waals surface area (Å²) >= 11 is 0. The summed E-state index contributed by atoms with van der Waals surface area (Å²) < 4.78 is 0. The minimum absolute atomic E-state index is 0.137. The number of nitrogens with zero attached hydrogens (tertiary/aromatic N) is 1. The van der Waals surface area contributed by atoms with Gasteiger partial charge in [-0.3, -0.25) is 4.79 Å². The Balaban J connectivity index is 1.95. The second-order valence-electron chi connectivity index (χ2n) is 4.70. The Morgan fingerprint density at radius 2 is 1.88 bits per heavy atom. The molecule has 3 heteroatoms. The molecular weight excluding hydrogens is 214 g/mol. The largest absolute Gasteiger partial charge is 0.388 e. The molecule has 2 rings (SSSR count). The molecule has 0 bridgehead atoms. The summed E-state index contributed by atoms with van der Waals surface area (Å²) in [5.41, 5.74) is 0.980. The highest BCUT2D eigenvalue weighted by molar-refractivity contribution is 5.73. The van der Waals surface area contributed by atoms with Crippen molar-refractivity contribution in [1.29, 1.82) is 0 Å². The Bertz CT molecular complexity index is 369. The molecule has 1 unspecified atom stereocenters. The van der Waals surface area contributed by atoms with Crippen LogP contribution < -0.4 is 0 Å². The van der Waals surface area contributed by atoms with Gasteiger partial charge in [0, 0.05) is 20.0 Å². The first-order valence-electron chi connectivity index (χ1n) is 6.17. The lowest BCUT2D eigenvalue weighted by Gasteiger charge is -2.33. The van der Waals surface area contributed by atoms with Crippen molar-refractivity contribution in [1.82, 2.24) is 4.90 Å². The van der Waals surface area contributed by atoms with Crippen LogP contribution in [0.1, 0.15) is 31.4 Å². The average molecular weight is 233 g/mol. The molecule has 1 saturated heterocycles. The molecule has 92 valence electrons. The topological polar surface area (TPSA) is 40.5 Å². The van der Waals surface area contributed by atoms with Gasteiger partial charge >= 0.3 is 0 Å². The van der Waals surface area contributed by atoms with Crippen molar-refractivity contribution in [2.75, 3.05) is 13.1 Å². The number of aliphatic hydroxyl groups excluding tert-OH is 1. The normalized spacial score (nSPS) is 19.1. The number of piperidine rings is 1. The minimum atomic E-state index is -0.398. The van der Waals surface area contributed by atoms with Gasteiger partial charge in [0.1, 0.15) is 0 Å². The maximum Gasteiger partial charge on any atom is 0.219 e. The van der Waals surface area contributed by atoms with Crippen LogP contribution in [0.5, 0.6) is 0 Å². The number of likely N-dealkylation sites (tertiary alicyclic amines) is 1. The molecule has 1 N–H and O–H groups in total. The Hall–Kier alpha value is -1.35. The lowest BCUT2D eigenvalue weighted by Crippen LogP contribution is -2.38. The monoisotopic (exact) mass is 233 g/mol. The van der Waals surface area contributed by atoms with Crippen molar-refractivity contribution in [3.63, 3.8) is 0 Å². The van der Waals surface area contributed by atoms with Crippen LogP contribution in [-0.4, -0.2) is 29.0 Å². The van der Waals surface area contributed by atoms with E-state index in [9.17, 15) is 9.90 Å². The molecule has 1 atom stereocenters. The molecule has 0 aliphatic carbocycles. The summed E-state index contributed by atoms with van der Waals surface area (Å²) in [6, 6.07) is 9.77. The lowest BCUT2D eigenvalue weighted by molar-refractivity contribution is -0.130. The Morgan fingerprint density at radius 3 is 2.41 bits per heavy atom. The average Bonchev–Trinajstić information content (AvgIpc) is 2.39. The van der Waals surface area contributed by atoms with Gasteiger partial charge in [0.25, 0.3) is 0 Å². The highest BCUT2D eigenvalue weighted by Gasteiger charge is 2.26. The van der Waals surface area contributed by atoms with Gasteiger partial charge in [0.05, 0.1) is 6.10 Å². The number of hydrogen-bond acceptors (Lipinski definition) is 2. The van der Waals surface area contributed by atoms with E-state index in [4.69, 9.17) is 0 Å². The maximum absolute atomic E-state index is 11.2. The summed E-state index contributed by atoms with van der Waals surface area (Å²) in [6.45, 7) is 3.14. The zero-order chi connectivity index (χ0) is 12.3. The molecule has 0 aromatic heterocycles. The SMILES string of the molecule is CC(=O)N1CCC(C(O)c2ccccc2)CC1. The molecule has 1 fully saturated rings. The van der Waals surface area contributed by atoms with Gasteiger partial charge < -0.3 is 10.0 Å². The van der Waals surface area contributed by atoms with Gasteiger partial charge in [-0.15, -0.1) is 0 Å². The summed E-state index contributed by atoms with van der Waals surface area (Å²) in [6.07, 6.45) is 1.37. The third kappa shape index (κ3) is 2.86. The smallest absolute Gasteiger partial charge is 0.219 e. The Labute approximate surface area is 102 Å². The first-order valence-corrected chi connectivity index (χ1v) is 6.17. The first-order chi connectivity index (χ1) is 8.18. The number of carbonyl (C=O) groups is 1. The third-order valence-electron chi connectivity index (χ3n) is 3.57. The first kappa shape index (κ1) is 12.1. The molecule has 17 heavy (non-hydrogen) atoms. The molecule has 3 nitrogen and oxygen atoms in total. The van der Waals surface area contributed by atoms with Crippen molar-refractivity contribution in [3.8, 4) is 0 Å². The molecule has 1 aromatic carbocycles. The maximum atomic E-state index is 11.2. The standard InChI is InChI=1S/C14H19NO2/c1-11(16)15-9-7-13(8-10-15)14(17)12-5-3-2-4-6-12/h2-6,13-14,17H,7-10H2,1H3. The quantitative estimate of drug-likeness (QED) is 0.848. The molecule has 0 saturated carbocycles. The van der Waals surface area contributed by atoms with E-state index in [1.54, 1.807) is 6.92 Å². The van der Waals surface area contributed by atoms with Crippen molar-refractivity contribution >= 4 is 5.91 Å². The molecule has 1 heterocycles. The minimum Gasteiger partial charge on any atom is -0.388 e. The van der Waals surface area contributed by atoms with E-state index >= 15 is 0 Å². The second kappa shape index (κ2) is 5.32. The third-order valence-corrected chi connectivity index (χ3v) is 3.57. The van der Waals surface area contributed by atoms with Crippen molar-refractivity contribution < 1.29 is 9.90 Å². The lowest BCUT2D eigenvalue weighted by atomic mass is 9.87. The number of rotatable bonds is 2. The zero-order valence-electron chi connectivity index (χ0n) is 10.2. The molecule has 0 radical (unpaired) electrons. The predicted molar refractivity (Wildman–Crippen MR) is 66.4 cm³/mol. The van der Waals surface area contributed by atoms with E-state index in [2.05, 4.69) is 0 Å². The summed E-state index contributed by atoms with van der Waals surface area (Å²) in [4.78, 5) is 13.1. The number of benzene rings is 1. The highest BCUT2D eigenvalue weighted by atomic mass is 16.3. The number of amides is 1. The van der Waals surface area contributed by atoms with E-state index in [1.807, 2.05) is 35.2 Å². The second-order valence-corrected chi connectivity index (χ2v) is 4.70. The molecule has 0 spiro atoms. The van der Waals surface area contributed by atoms with Gasteiger partial charge in [-0.05, 0) is 24.3 Å². The number of hydrogen-bond donors (Lipinski definition) is 1. The van der Waals surface area contributed by atoms with Gasteiger partial charge in [-0.1, -0.05) is 30.3 Å². The van der Waals surface area contributed by atoms with E-state index in [0.29, 0.717) is 0 Å². The van der Waals surface area contributed by atoms with Crippen LogP contribution >= 0.6 is 0 Å². The van der Waals surface area contributed by atoms with E-state index in [-0.39, 0.29) is 11.8 Å². The Kier molecular flexibility index (Phi) is 3.79. The van der Waals surface area contributed by atoms with Gasteiger partial charge in [-0.2, -0.15) is 0 Å². The van der Waals surface area contributed by atoms with Crippen LogP contribution in [-0.2, 0) is 4.79 Å². The van der Waals surface area contributed by atoms with Crippen LogP contribution in [0.25, 0.3) is 0 Å². The highest BCUT2D eigenvalue weighted by Crippen LogP contribution is 2.30. The van der Waals surface area contributed by atoms with Gasteiger partial charge in [0.15, 0.2) is 0 Å². The fourth-order valence-electron chi connectivity index (χ4n) is 2.45. The summed E-state index contributed by atoms with van der Waals surface area (Å²) in [5.74, 6) is 0.408. The molecule has 1 amide bonds. The summed E-state index contributed by atoms with van der Waals surface area (Å²) in [5, 5.41) is 10.3. The van der Waals surface area contributed by atoms with Crippen molar-refractivity contribution in [2.24, 2.45) is 5.92 Å². The summed E-state index contributed by atoms with van der Waals surface area (Å²) in [7, 11) is 0. The molecule has 1 aromatic rings. The van der Waals surface area contributed by atoms with Gasteiger partial charge in [0.2, 0.25) is 5.91 Å². The van der Waals surface area contributed by atoms with Crippen molar-refractivity contribution in [3.05, 3.63) is 35.9 Å². The zero-order valence-corrected chi connectivity index (χ0v) is 10.2. The van der Waals surface area contributed by atoms with Crippen molar-refractivity contribution in [2.45, 2.75) is 25.9 Å². The fraction of sp³-hybridized carbons (Fsp3) is 0.500. The van der Waals surface area contributed by atoms with E-state index < -0.39 is 6.10 Å². The van der Waals surface area contributed by atoms with Crippen LogP contribution in [0.3, 0.4) is 0 Å². The van der Waals surface area contributed by atoms with Crippen LogP contribution in [0.2, 0.25) is 0 Å². The molecule has 1 aliphatic rings. The number of aliphatic hydroxyl groups is 1. The molecular formula is C14H19NO2. The number of carbonyl (C=O) groups excluding carboxylic acids is 1. The Morgan fingerprint density at radius 1 is 1.29 bits per heavy atom. The van der Waals surface area contributed by atoms with Crippen LogP contribution in [0, 0.1) is 5.92 Å². The van der Waals surface area contributed by atoms with E-state index in [0.717, 1.165) is 31.5 Å². The van der Waals surface area contributed by atoms with Crippen LogP contribution in [0.15, 0.2) is 30.3 Å². The predicted octanol–water partition coefficient (Wildman–Crippen LogP) is 1.98.